The second kappa shape index (κ2) is 8.44. The smallest absolute Gasteiger partial charge is 0.251 e. The summed E-state index contributed by atoms with van der Waals surface area (Å²) in [5.74, 6) is 0.0386. The second-order valence-corrected chi connectivity index (χ2v) is 9.44. The van der Waals surface area contributed by atoms with Gasteiger partial charge in [0.1, 0.15) is 0 Å². The van der Waals surface area contributed by atoms with Gasteiger partial charge in [-0.25, -0.2) is 0 Å². The van der Waals surface area contributed by atoms with E-state index in [1.165, 1.54) is 63.7 Å². The fourth-order valence-electron chi connectivity index (χ4n) is 5.09. The fraction of sp³-hybridized carbons (Fsp3) is 0.708. The molecule has 0 aromatic heterocycles. The van der Waals surface area contributed by atoms with Crippen LogP contribution in [-0.2, 0) is 0 Å². The maximum atomic E-state index is 12.3. The van der Waals surface area contributed by atoms with Gasteiger partial charge < -0.3 is 15.1 Å². The van der Waals surface area contributed by atoms with Crippen LogP contribution in [0.2, 0.25) is 0 Å². The molecule has 1 aliphatic carbocycles. The highest BCUT2D eigenvalue weighted by Gasteiger charge is 2.39. The first-order chi connectivity index (χ1) is 13.6. The lowest BCUT2D eigenvalue weighted by Gasteiger charge is -2.50. The predicted octanol–water partition coefficient (Wildman–Crippen LogP) is 4.70. The third-order valence-electron chi connectivity index (χ3n) is 7.76. The molecule has 3 fully saturated rings. The van der Waals surface area contributed by atoms with E-state index in [9.17, 15) is 4.79 Å². The van der Waals surface area contributed by atoms with Crippen molar-refractivity contribution in [2.24, 2.45) is 5.41 Å². The Balaban J connectivity index is 0.00000240. The molecule has 4 heteroatoms. The maximum absolute atomic E-state index is 12.3. The largest absolute Gasteiger partial charge is 0.371 e. The summed E-state index contributed by atoms with van der Waals surface area (Å²) < 4.78 is 0. The second-order valence-electron chi connectivity index (χ2n) is 9.44. The number of nitrogens with one attached hydrogen (secondary N) is 1. The lowest BCUT2D eigenvalue weighted by Crippen LogP contribution is -2.50. The summed E-state index contributed by atoms with van der Waals surface area (Å²) in [5, 5.41) is 3.05. The summed E-state index contributed by atoms with van der Waals surface area (Å²) in [6.07, 6.45) is 10.7. The van der Waals surface area contributed by atoms with E-state index in [1.54, 1.807) is 0 Å². The number of amides is 1. The first-order valence-electron chi connectivity index (χ1n) is 11.5. The van der Waals surface area contributed by atoms with Crippen molar-refractivity contribution in [3.63, 3.8) is 0 Å². The Morgan fingerprint density at radius 2 is 1.71 bits per heavy atom. The normalized spacial score (nSPS) is 24.0. The number of rotatable bonds is 5. The van der Waals surface area contributed by atoms with Crippen molar-refractivity contribution in [3.05, 3.63) is 29.8 Å². The maximum Gasteiger partial charge on any atom is 0.251 e. The molecule has 2 saturated heterocycles. The number of carbonyl (C=O) groups excluding carboxylic acids is 1. The highest BCUT2D eigenvalue weighted by Crippen LogP contribution is 2.43. The first-order valence-corrected chi connectivity index (χ1v) is 11.5. The molecule has 1 N–H and O–H groups in total. The van der Waals surface area contributed by atoms with Gasteiger partial charge in [0.15, 0.2) is 0 Å². The minimum absolute atomic E-state index is 0. The van der Waals surface area contributed by atoms with Crippen molar-refractivity contribution in [3.8, 4) is 0 Å². The van der Waals surface area contributed by atoms with Gasteiger partial charge in [-0.05, 0) is 94.6 Å². The average Bonchev–Trinajstić information content (AvgIpc) is 2.69. The zero-order valence-corrected chi connectivity index (χ0v) is 17.8. The third-order valence-corrected chi connectivity index (χ3v) is 7.76. The Kier molecular flexibility index (Phi) is 5.96. The first kappa shape index (κ1) is 19.8. The van der Waals surface area contributed by atoms with Gasteiger partial charge >= 0.3 is 0 Å². The number of nitrogens with zero attached hydrogens (tertiary/aromatic N) is 2. The summed E-state index contributed by atoms with van der Waals surface area (Å²) in [4.78, 5) is 17.6. The van der Waals surface area contributed by atoms with E-state index >= 15 is 0 Å². The van der Waals surface area contributed by atoms with E-state index in [1.807, 2.05) is 19.1 Å². The Morgan fingerprint density at radius 3 is 2.25 bits per heavy atom. The van der Waals surface area contributed by atoms with Crippen molar-refractivity contribution < 1.29 is 6.22 Å². The molecule has 4 nitrogen and oxygen atoms in total. The minimum atomic E-state index is 0. The molecule has 1 saturated carbocycles. The Morgan fingerprint density at radius 1 is 1.11 bits per heavy atom. The summed E-state index contributed by atoms with van der Waals surface area (Å²) in [5.41, 5.74) is 2.62. The van der Waals surface area contributed by atoms with Gasteiger partial charge in [-0.2, -0.15) is 0 Å². The standard InChI is InChI=1S/C24H37N3O.H2/c1-3-19(2)25-23(28)20-7-9-22(10-8-20)27-17-13-24(14-18-27)11-15-26(16-12-24)21-5-4-6-21;/h7-10,19,21H,3-6,11-18H2,1-2H3,(H,25,28);1H. The number of carbonyl (C=O) groups is 1. The molecule has 1 aromatic carbocycles. The fourth-order valence-corrected chi connectivity index (χ4v) is 5.09. The van der Waals surface area contributed by atoms with E-state index in [0.717, 1.165) is 31.1 Å². The van der Waals surface area contributed by atoms with Crippen LogP contribution in [0.1, 0.15) is 77.0 Å². The molecule has 0 radical (unpaired) electrons. The molecule has 28 heavy (non-hydrogen) atoms. The minimum Gasteiger partial charge on any atom is -0.371 e. The highest BCUT2D eigenvalue weighted by atomic mass is 16.1. The average molecular weight is 386 g/mol. The lowest BCUT2D eigenvalue weighted by atomic mass is 9.70. The molecule has 1 atom stereocenters. The summed E-state index contributed by atoms with van der Waals surface area (Å²) in [7, 11) is 0. The molecule has 0 bridgehead atoms. The summed E-state index contributed by atoms with van der Waals surface area (Å²) in [6, 6.07) is 9.35. The molecular formula is C24H39N3O. The van der Waals surface area contributed by atoms with E-state index in [4.69, 9.17) is 0 Å². The van der Waals surface area contributed by atoms with Crippen LogP contribution in [0.15, 0.2) is 24.3 Å². The lowest BCUT2D eigenvalue weighted by molar-refractivity contribution is 0.0306. The predicted molar refractivity (Wildman–Crippen MR) is 118 cm³/mol. The van der Waals surface area contributed by atoms with Gasteiger partial charge in [0, 0.05) is 37.9 Å². The molecule has 2 aliphatic heterocycles. The summed E-state index contributed by atoms with van der Waals surface area (Å²) in [6.45, 7) is 9.10. The van der Waals surface area contributed by atoms with Gasteiger partial charge in [0.2, 0.25) is 0 Å². The van der Waals surface area contributed by atoms with Crippen LogP contribution in [0.3, 0.4) is 0 Å². The van der Waals surface area contributed by atoms with Crippen LogP contribution in [0.4, 0.5) is 5.69 Å². The molecule has 156 valence electrons. The van der Waals surface area contributed by atoms with E-state index in [0.29, 0.717) is 5.41 Å². The number of hydrogen-bond acceptors (Lipinski definition) is 3. The van der Waals surface area contributed by atoms with Gasteiger partial charge in [0.05, 0.1) is 0 Å². The Bertz CT molecular complexity index is 655. The SMILES string of the molecule is CCC(C)NC(=O)c1ccc(N2CCC3(CC2)CCN(C2CCC2)CC3)cc1.[HH]. The van der Waals surface area contributed by atoms with Gasteiger partial charge in [-0.1, -0.05) is 13.3 Å². The van der Waals surface area contributed by atoms with Gasteiger partial charge in [-0.3, -0.25) is 4.79 Å². The quantitative estimate of drug-likeness (QED) is 0.798. The number of benzene rings is 1. The van der Waals surface area contributed by atoms with Crippen LogP contribution in [-0.4, -0.2) is 49.1 Å². The molecule has 1 spiro atoms. The molecular weight excluding hydrogens is 346 g/mol. The number of anilines is 1. The number of piperidine rings is 2. The van der Waals surface area contributed by atoms with Crippen LogP contribution >= 0.6 is 0 Å². The van der Waals surface area contributed by atoms with Crippen LogP contribution in [0.25, 0.3) is 0 Å². The molecule has 1 unspecified atom stereocenters. The Hall–Kier alpha value is -1.55. The van der Waals surface area contributed by atoms with E-state index < -0.39 is 0 Å². The van der Waals surface area contributed by atoms with Gasteiger partial charge in [0.25, 0.3) is 5.91 Å². The van der Waals surface area contributed by atoms with Gasteiger partial charge in [-0.15, -0.1) is 0 Å². The van der Waals surface area contributed by atoms with Crippen molar-refractivity contribution in [1.82, 2.24) is 10.2 Å². The van der Waals surface area contributed by atoms with Crippen molar-refractivity contribution in [2.45, 2.75) is 77.3 Å². The van der Waals surface area contributed by atoms with Crippen LogP contribution in [0.5, 0.6) is 0 Å². The number of hydrogen-bond donors (Lipinski definition) is 1. The Labute approximate surface area is 172 Å². The van der Waals surface area contributed by atoms with Crippen molar-refractivity contribution in [2.75, 3.05) is 31.1 Å². The number of likely N-dealkylation sites (tertiary alicyclic amines) is 1. The molecule has 1 aromatic rings. The van der Waals surface area contributed by atoms with E-state index in [2.05, 4.69) is 34.2 Å². The molecule has 2 heterocycles. The molecule has 1 amide bonds. The monoisotopic (exact) mass is 385 g/mol. The van der Waals surface area contributed by atoms with Crippen molar-refractivity contribution in [1.29, 1.82) is 0 Å². The zero-order chi connectivity index (χ0) is 19.6. The molecule has 4 rings (SSSR count). The third kappa shape index (κ3) is 4.22. The molecule has 3 aliphatic rings. The highest BCUT2D eigenvalue weighted by molar-refractivity contribution is 5.94. The van der Waals surface area contributed by atoms with Crippen LogP contribution in [0, 0.1) is 5.41 Å². The van der Waals surface area contributed by atoms with Crippen molar-refractivity contribution >= 4 is 11.6 Å². The zero-order valence-electron chi connectivity index (χ0n) is 17.8. The van der Waals surface area contributed by atoms with Crippen LogP contribution < -0.4 is 10.2 Å². The topological polar surface area (TPSA) is 35.6 Å². The van der Waals surface area contributed by atoms with E-state index in [-0.39, 0.29) is 13.4 Å². The summed E-state index contributed by atoms with van der Waals surface area (Å²) >= 11 is 0.